The summed E-state index contributed by atoms with van der Waals surface area (Å²) in [6, 6.07) is 49.8. The molecule has 3 N–H and O–H groups in total. The number of hydrogen-bond acceptors (Lipinski definition) is 9. The van der Waals surface area contributed by atoms with Gasteiger partial charge in [0.2, 0.25) is 5.91 Å². The van der Waals surface area contributed by atoms with E-state index in [2.05, 4.69) is 87.2 Å². The Labute approximate surface area is 565 Å². The maximum absolute atomic E-state index is 13.4. The molecular weight excluding hydrogens is 1280 g/mol. The molecule has 0 aromatic heterocycles. The molecule has 4 atom stereocenters. The van der Waals surface area contributed by atoms with E-state index in [1.165, 1.54) is 59.7 Å². The molecule has 4 aliphatic rings. The third kappa shape index (κ3) is 16.6. The summed E-state index contributed by atoms with van der Waals surface area (Å²) in [5, 5.41) is 3.87. The van der Waals surface area contributed by atoms with Crippen LogP contribution >= 0.6 is 27.5 Å². The summed E-state index contributed by atoms with van der Waals surface area (Å²) in [6.45, 7) is 13.0. The van der Waals surface area contributed by atoms with Crippen molar-refractivity contribution in [2.75, 3.05) is 75.5 Å². The van der Waals surface area contributed by atoms with Crippen molar-refractivity contribution in [1.82, 2.24) is 20.0 Å². The number of hydrogen-bond donors (Lipinski definition) is 2. The molecule has 0 fully saturated rings. The Balaban J connectivity index is 0.000000148. The van der Waals surface area contributed by atoms with E-state index in [0.29, 0.717) is 37.7 Å². The predicted molar refractivity (Wildman–Crippen MR) is 368 cm³/mol. The monoisotopic (exact) mass is 1360 g/mol. The highest BCUT2D eigenvalue weighted by Gasteiger charge is 2.45. The van der Waals surface area contributed by atoms with Crippen molar-refractivity contribution in [2.24, 2.45) is 5.73 Å². The van der Waals surface area contributed by atoms with Crippen LogP contribution in [0, 0.1) is 29.8 Å². The molecule has 12 rings (SSSR count). The van der Waals surface area contributed by atoms with Crippen molar-refractivity contribution >= 4 is 39.1 Å². The van der Waals surface area contributed by atoms with Crippen molar-refractivity contribution < 1.29 is 41.3 Å². The minimum atomic E-state index is -0.616. The van der Waals surface area contributed by atoms with Crippen molar-refractivity contribution in [3.05, 3.63) is 286 Å². The molecule has 94 heavy (non-hydrogen) atoms. The summed E-state index contributed by atoms with van der Waals surface area (Å²) >= 11 is 9.65. The molecule has 0 bridgehead atoms. The Kier molecular flexibility index (Phi) is 24.3. The zero-order valence-electron chi connectivity index (χ0n) is 54.7. The molecule has 0 saturated carbocycles. The normalized spacial score (nSPS) is 19.6. The lowest BCUT2D eigenvalue weighted by molar-refractivity contribution is -0.0141. The van der Waals surface area contributed by atoms with Crippen LogP contribution in [0.4, 0.5) is 23.2 Å². The highest BCUT2D eigenvalue weighted by molar-refractivity contribution is 9.10. The fourth-order valence-electron chi connectivity index (χ4n) is 13.4. The Bertz CT molecular complexity index is 3770. The molecule has 17 heteroatoms. The van der Waals surface area contributed by atoms with Gasteiger partial charge in [0.1, 0.15) is 45.7 Å². The molecule has 1 amide bonds. The molecule has 4 aliphatic heterocycles. The lowest BCUT2D eigenvalue weighted by Gasteiger charge is -2.31. The van der Waals surface area contributed by atoms with Crippen molar-refractivity contribution in [3.63, 3.8) is 0 Å². The van der Waals surface area contributed by atoms with Gasteiger partial charge in [-0.25, -0.2) is 22.4 Å². The van der Waals surface area contributed by atoms with Crippen LogP contribution in [-0.4, -0.2) is 96.1 Å². The first kappa shape index (κ1) is 71.2. The first-order valence-electron chi connectivity index (χ1n) is 31.8. The van der Waals surface area contributed by atoms with Gasteiger partial charge in [-0.1, -0.05) is 112 Å². The van der Waals surface area contributed by atoms with E-state index in [9.17, 15) is 22.4 Å². The van der Waals surface area contributed by atoms with Crippen LogP contribution in [0.1, 0.15) is 128 Å². The molecule has 11 nitrogen and oxygen atoms in total. The standard InChI is InChI=1S/C20H23FN2O2.C19H21BrFNO.C19H21ClFNO.C19H19FN2O/c1-23(2)11-3-10-20(16-5-7-17(21)8-6-16)18-9-4-14(19(22)24)12-15(18)13-25-20;2*1-22(2)11-3-10-19(15-4-7-17(21)8-5-15)18-9-6-16(20)12-14(18)13-23-19;1-21-11-3-10-19(15-4-6-16(20)7-5-15)18-9-8-17(22-2)12-14(18)13-23-19/h4-9,12H,3,10-11,13H2,1-2H3,(H2,22,24);2*4-9,12H,3,10-11,13H2,1-2H3;4-9,12,21H,3,10-11,13H2,1H3. The van der Waals surface area contributed by atoms with Gasteiger partial charge in [-0.3, -0.25) is 4.79 Å². The van der Waals surface area contributed by atoms with Crippen LogP contribution in [0.2, 0.25) is 5.02 Å². The van der Waals surface area contributed by atoms with Crippen LogP contribution in [0.3, 0.4) is 0 Å². The second-order valence-electron chi connectivity index (χ2n) is 25.2. The summed E-state index contributed by atoms with van der Waals surface area (Å²) < 4.78 is 79.5. The molecule has 8 aromatic carbocycles. The molecule has 4 heterocycles. The Hall–Kier alpha value is -7.11. The average Bonchev–Trinajstić information content (AvgIpc) is 1.60. The smallest absolute Gasteiger partial charge is 0.248 e. The molecule has 0 radical (unpaired) electrons. The third-order valence-corrected chi connectivity index (χ3v) is 18.7. The number of nitrogens with two attached hydrogens (primary N) is 1. The van der Waals surface area contributed by atoms with Gasteiger partial charge >= 0.3 is 0 Å². The van der Waals surface area contributed by atoms with Gasteiger partial charge in [0.05, 0.1) is 33.0 Å². The van der Waals surface area contributed by atoms with Gasteiger partial charge in [-0.15, -0.1) is 0 Å². The summed E-state index contributed by atoms with van der Waals surface area (Å²) in [6.07, 6.45) is 7.20. The van der Waals surface area contributed by atoms with Crippen LogP contribution < -0.4 is 11.1 Å². The Morgan fingerprint density at radius 3 is 1.18 bits per heavy atom. The number of carbonyl (C=O) groups excluding carboxylic acids is 1. The van der Waals surface area contributed by atoms with Gasteiger partial charge < -0.3 is 44.7 Å². The van der Waals surface area contributed by atoms with E-state index < -0.39 is 28.3 Å². The largest absolute Gasteiger partial charge is 0.366 e. The van der Waals surface area contributed by atoms with Crippen LogP contribution in [0.5, 0.6) is 0 Å². The quantitative estimate of drug-likeness (QED) is 0.0413. The number of nitrogens with zero attached hydrogens (tertiary/aromatic N) is 4. The van der Waals surface area contributed by atoms with Gasteiger partial charge in [0.25, 0.3) is 0 Å². The van der Waals surface area contributed by atoms with Crippen LogP contribution in [0.15, 0.2) is 174 Å². The summed E-state index contributed by atoms with van der Waals surface area (Å²) in [4.78, 5) is 21.4. The van der Waals surface area contributed by atoms with Crippen LogP contribution in [0.25, 0.3) is 4.85 Å². The molecule has 0 saturated heterocycles. The molecule has 494 valence electrons. The first-order valence-corrected chi connectivity index (χ1v) is 33.0. The number of carbonyl (C=O) groups is 1. The number of primary amides is 1. The second-order valence-corrected chi connectivity index (χ2v) is 26.6. The predicted octanol–water partition coefficient (Wildman–Crippen LogP) is 16.5. The van der Waals surface area contributed by atoms with E-state index >= 15 is 0 Å². The van der Waals surface area contributed by atoms with Gasteiger partial charge in [0, 0.05) is 15.1 Å². The number of benzene rings is 8. The van der Waals surface area contributed by atoms with E-state index in [1.807, 2.05) is 87.9 Å². The average molecular weight is 1360 g/mol. The Morgan fingerprint density at radius 2 is 0.819 bits per heavy atom. The highest BCUT2D eigenvalue weighted by atomic mass is 79.9. The SMILES string of the molecule is CN(C)CCCC1(c2ccc(F)cc2)OCc2cc(Br)ccc21.CN(C)CCCC1(c2ccc(F)cc2)OCc2cc(C(N)=O)ccc21.CN(C)CCCC1(c2ccc(F)cc2)OCc2cc(Cl)ccc21.[C-]#[N+]c1ccc2c(c1)COC2(CCCNC)c1ccc(F)cc1. The van der Waals surface area contributed by atoms with Crippen molar-refractivity contribution in [3.8, 4) is 0 Å². The zero-order valence-corrected chi connectivity index (χ0v) is 57.0. The first-order chi connectivity index (χ1) is 45.1. The fourth-order valence-corrected chi connectivity index (χ4v) is 14.0. The summed E-state index contributed by atoms with van der Waals surface area (Å²) in [7, 11) is 14.3. The number of fused-ring (bicyclic) bond motifs is 4. The van der Waals surface area contributed by atoms with Crippen molar-refractivity contribution in [1.29, 1.82) is 0 Å². The van der Waals surface area contributed by atoms with Gasteiger partial charge in [-0.2, -0.15) is 0 Å². The number of nitrogens with one attached hydrogen (secondary N) is 1. The Morgan fingerprint density at radius 1 is 0.489 bits per heavy atom. The second kappa shape index (κ2) is 32.1. The van der Waals surface area contributed by atoms with Gasteiger partial charge in [0.15, 0.2) is 5.69 Å². The number of rotatable bonds is 21. The van der Waals surface area contributed by atoms with Gasteiger partial charge in [-0.05, 0) is 279 Å². The lowest BCUT2D eigenvalue weighted by atomic mass is 9.81. The number of ether oxygens (including phenoxy) is 4. The van der Waals surface area contributed by atoms with E-state index in [4.69, 9.17) is 42.9 Å². The van der Waals surface area contributed by atoms with E-state index in [1.54, 1.807) is 36.4 Å². The summed E-state index contributed by atoms with van der Waals surface area (Å²) in [5.41, 5.74) is 17.1. The fraction of sp³-hybridized carbons (Fsp3) is 0.351. The molecular formula is C77H84BrClF4N6O5. The number of halogens is 6. The van der Waals surface area contributed by atoms with Crippen LogP contribution in [-0.2, 0) is 67.8 Å². The molecule has 8 aromatic rings. The topological polar surface area (TPSA) is 106 Å². The molecule has 0 spiro atoms. The molecule has 4 unspecified atom stereocenters. The number of amides is 1. The maximum Gasteiger partial charge on any atom is 0.248 e. The maximum atomic E-state index is 13.4. The van der Waals surface area contributed by atoms with Crippen molar-refractivity contribution in [2.45, 2.75) is 100 Å². The third-order valence-electron chi connectivity index (χ3n) is 18.0. The summed E-state index contributed by atoms with van der Waals surface area (Å²) in [5.74, 6) is -1.41. The minimum absolute atomic E-state index is 0.216. The highest BCUT2D eigenvalue weighted by Crippen LogP contribution is 2.50. The lowest BCUT2D eigenvalue weighted by Crippen LogP contribution is -2.28. The zero-order chi connectivity index (χ0) is 67.2. The van der Waals surface area contributed by atoms with E-state index in [0.717, 1.165) is 143 Å². The minimum Gasteiger partial charge on any atom is -0.366 e. The molecule has 0 aliphatic carbocycles. The van der Waals surface area contributed by atoms with E-state index in [-0.39, 0.29) is 23.3 Å².